The lowest BCUT2D eigenvalue weighted by Crippen LogP contribution is -2.52. The van der Waals surface area contributed by atoms with E-state index in [1.54, 1.807) is 36.4 Å². The van der Waals surface area contributed by atoms with Crippen LogP contribution in [-0.2, 0) is 27.5 Å². The van der Waals surface area contributed by atoms with Crippen molar-refractivity contribution in [2.45, 2.75) is 37.9 Å². The monoisotopic (exact) mass is 524 g/mol. The molecule has 0 aromatic heterocycles. The molecule has 1 saturated heterocycles. The van der Waals surface area contributed by atoms with Crippen molar-refractivity contribution >= 4 is 29.5 Å². The Kier molecular flexibility index (Phi) is 7.49. The predicted molar refractivity (Wildman–Crippen MR) is 142 cm³/mol. The van der Waals surface area contributed by atoms with Gasteiger partial charge in [-0.05, 0) is 41.3 Å². The van der Waals surface area contributed by atoms with Crippen molar-refractivity contribution in [1.29, 1.82) is 0 Å². The summed E-state index contributed by atoms with van der Waals surface area (Å²) in [7, 11) is 0. The maximum atomic E-state index is 13.3. The van der Waals surface area contributed by atoms with Gasteiger partial charge in [-0.15, -0.1) is 0 Å². The smallest absolute Gasteiger partial charge is 0.255 e. The van der Waals surface area contributed by atoms with Crippen LogP contribution in [0.5, 0.6) is 0 Å². The third-order valence-electron chi connectivity index (χ3n) is 7.08. The van der Waals surface area contributed by atoms with Crippen LogP contribution >= 0.6 is 0 Å². The highest BCUT2D eigenvalue weighted by atomic mass is 16.2. The van der Waals surface area contributed by atoms with Crippen molar-refractivity contribution in [3.63, 3.8) is 0 Å². The van der Waals surface area contributed by atoms with E-state index in [1.165, 1.54) is 4.90 Å². The van der Waals surface area contributed by atoms with Crippen molar-refractivity contribution < 1.29 is 24.0 Å². The van der Waals surface area contributed by atoms with E-state index >= 15 is 0 Å². The molecule has 3 aromatic rings. The average molecular weight is 525 g/mol. The molecule has 0 aliphatic carbocycles. The highest BCUT2D eigenvalue weighted by Crippen LogP contribution is 2.28. The highest BCUT2D eigenvalue weighted by Gasteiger charge is 2.39. The Morgan fingerprint density at radius 1 is 0.923 bits per heavy atom. The Morgan fingerprint density at radius 3 is 2.36 bits per heavy atom. The number of hydrogen-bond acceptors (Lipinski definition) is 5. The second kappa shape index (κ2) is 11.3. The van der Waals surface area contributed by atoms with E-state index in [9.17, 15) is 24.0 Å². The first kappa shape index (κ1) is 25.8. The molecule has 0 saturated carbocycles. The van der Waals surface area contributed by atoms with Gasteiger partial charge in [0.2, 0.25) is 17.7 Å². The Hall–Kier alpha value is -4.79. The van der Waals surface area contributed by atoms with E-state index in [1.807, 2.05) is 42.5 Å². The molecule has 2 atom stereocenters. The van der Waals surface area contributed by atoms with Gasteiger partial charge in [0.15, 0.2) is 0 Å². The number of benzene rings is 3. The van der Waals surface area contributed by atoms with Crippen LogP contribution in [0.15, 0.2) is 78.9 Å². The molecule has 9 nitrogen and oxygen atoms in total. The lowest BCUT2D eigenvalue weighted by molar-refractivity contribution is -0.137. The molecule has 3 N–H and O–H groups in total. The Morgan fingerprint density at radius 2 is 1.64 bits per heavy atom. The minimum absolute atomic E-state index is 0.128. The second-order valence-electron chi connectivity index (χ2n) is 9.65. The first-order chi connectivity index (χ1) is 18.9. The number of amides is 5. The summed E-state index contributed by atoms with van der Waals surface area (Å²) in [5, 5.41) is 8.12. The molecule has 5 rings (SSSR count). The van der Waals surface area contributed by atoms with Crippen LogP contribution in [0.25, 0.3) is 0 Å². The van der Waals surface area contributed by atoms with E-state index in [0.717, 1.165) is 16.7 Å². The summed E-state index contributed by atoms with van der Waals surface area (Å²) in [6, 6.07) is 22.8. The van der Waals surface area contributed by atoms with Crippen LogP contribution in [0, 0.1) is 0 Å². The lowest BCUT2D eigenvalue weighted by atomic mass is 9.97. The molecule has 0 spiro atoms. The number of rotatable bonds is 8. The number of nitrogens with one attached hydrogen (secondary N) is 3. The van der Waals surface area contributed by atoms with Crippen LogP contribution in [0.3, 0.4) is 0 Å². The molecule has 39 heavy (non-hydrogen) atoms. The van der Waals surface area contributed by atoms with E-state index in [2.05, 4.69) is 16.0 Å². The van der Waals surface area contributed by atoms with Gasteiger partial charge in [0.1, 0.15) is 6.04 Å². The fourth-order valence-corrected chi connectivity index (χ4v) is 4.98. The standard InChI is InChI=1S/C30H28N4O5/c35-26-14-13-25(29(38)33-26)34-18-22-15-19(11-12-23(22)30(34)39)16-31-28(37)24(20-7-3-1-4-8-20)17-32-27(36)21-9-5-2-6-10-21/h1-12,15,24-25H,13-14,16-18H2,(H,31,37)(H,32,36)(H,33,35,38). The molecule has 2 aliphatic heterocycles. The summed E-state index contributed by atoms with van der Waals surface area (Å²) in [6.07, 6.45) is 0.497. The van der Waals surface area contributed by atoms with E-state index in [-0.39, 0.29) is 49.7 Å². The Balaban J connectivity index is 1.24. The summed E-state index contributed by atoms with van der Waals surface area (Å²) in [5.74, 6) is -2.12. The average Bonchev–Trinajstić information content (AvgIpc) is 3.28. The first-order valence-corrected chi connectivity index (χ1v) is 12.8. The summed E-state index contributed by atoms with van der Waals surface area (Å²) in [6.45, 7) is 0.623. The molecule has 0 bridgehead atoms. The molecule has 198 valence electrons. The molecule has 1 fully saturated rings. The molecule has 2 aliphatic rings. The van der Waals surface area contributed by atoms with Gasteiger partial charge < -0.3 is 15.5 Å². The summed E-state index contributed by atoms with van der Waals surface area (Å²) in [5.41, 5.74) is 3.39. The van der Waals surface area contributed by atoms with Gasteiger partial charge in [0, 0.05) is 37.2 Å². The van der Waals surface area contributed by atoms with Crippen LogP contribution in [-0.4, -0.2) is 47.0 Å². The molecular weight excluding hydrogens is 496 g/mol. The predicted octanol–water partition coefficient (Wildman–Crippen LogP) is 2.28. The third kappa shape index (κ3) is 5.72. The Bertz CT molecular complexity index is 1420. The number of piperidine rings is 1. The molecular formula is C30H28N4O5. The van der Waals surface area contributed by atoms with Crippen LogP contribution in [0.4, 0.5) is 0 Å². The zero-order valence-electron chi connectivity index (χ0n) is 21.2. The molecule has 2 unspecified atom stereocenters. The van der Waals surface area contributed by atoms with Crippen molar-refractivity contribution in [3.8, 4) is 0 Å². The minimum atomic E-state index is -0.677. The van der Waals surface area contributed by atoms with E-state index in [4.69, 9.17) is 0 Å². The maximum absolute atomic E-state index is 13.3. The van der Waals surface area contributed by atoms with E-state index < -0.39 is 17.9 Å². The van der Waals surface area contributed by atoms with Gasteiger partial charge in [-0.25, -0.2) is 0 Å². The van der Waals surface area contributed by atoms with Gasteiger partial charge in [0.05, 0.1) is 5.92 Å². The van der Waals surface area contributed by atoms with Gasteiger partial charge >= 0.3 is 0 Å². The maximum Gasteiger partial charge on any atom is 0.255 e. The number of carbonyl (C=O) groups is 5. The van der Waals surface area contributed by atoms with Gasteiger partial charge in [-0.1, -0.05) is 60.7 Å². The number of nitrogens with zero attached hydrogens (tertiary/aromatic N) is 1. The van der Waals surface area contributed by atoms with Gasteiger partial charge in [0.25, 0.3) is 11.8 Å². The number of fused-ring (bicyclic) bond motifs is 1. The van der Waals surface area contributed by atoms with Crippen molar-refractivity contribution in [2.24, 2.45) is 0 Å². The summed E-state index contributed by atoms with van der Waals surface area (Å²) in [4.78, 5) is 64.1. The largest absolute Gasteiger partial charge is 0.351 e. The zero-order valence-corrected chi connectivity index (χ0v) is 21.2. The van der Waals surface area contributed by atoms with Crippen molar-refractivity contribution in [2.75, 3.05) is 6.54 Å². The van der Waals surface area contributed by atoms with Gasteiger partial charge in [-0.2, -0.15) is 0 Å². The minimum Gasteiger partial charge on any atom is -0.351 e. The second-order valence-corrected chi connectivity index (χ2v) is 9.65. The molecule has 2 heterocycles. The molecule has 3 aromatic carbocycles. The molecule has 9 heteroatoms. The normalized spacial score (nSPS) is 17.3. The highest BCUT2D eigenvalue weighted by molar-refractivity contribution is 6.05. The SMILES string of the molecule is O=C1CCC(N2Cc3cc(CNC(=O)C(CNC(=O)c4ccccc4)c4ccccc4)ccc3C2=O)C(=O)N1. The number of carbonyl (C=O) groups excluding carboxylic acids is 5. The fourth-order valence-electron chi connectivity index (χ4n) is 4.98. The summed E-state index contributed by atoms with van der Waals surface area (Å²) >= 11 is 0. The van der Waals surface area contributed by atoms with Gasteiger partial charge in [-0.3, -0.25) is 29.3 Å². The zero-order chi connectivity index (χ0) is 27.4. The third-order valence-corrected chi connectivity index (χ3v) is 7.08. The Labute approximate surface area is 225 Å². The molecule has 5 amide bonds. The van der Waals surface area contributed by atoms with Crippen LogP contribution < -0.4 is 16.0 Å². The number of imide groups is 1. The van der Waals surface area contributed by atoms with Crippen molar-refractivity contribution in [3.05, 3.63) is 107 Å². The summed E-state index contributed by atoms with van der Waals surface area (Å²) < 4.78 is 0. The van der Waals surface area contributed by atoms with E-state index in [0.29, 0.717) is 17.5 Å². The quantitative estimate of drug-likeness (QED) is 0.390. The van der Waals surface area contributed by atoms with Crippen molar-refractivity contribution in [1.82, 2.24) is 20.9 Å². The van der Waals surface area contributed by atoms with Crippen LogP contribution in [0.2, 0.25) is 0 Å². The fraction of sp³-hybridized carbons (Fsp3) is 0.233. The first-order valence-electron chi connectivity index (χ1n) is 12.8. The topological polar surface area (TPSA) is 125 Å². The lowest BCUT2D eigenvalue weighted by Gasteiger charge is -2.29. The molecule has 0 radical (unpaired) electrons. The van der Waals surface area contributed by atoms with Crippen LogP contribution in [0.1, 0.15) is 56.2 Å². The number of hydrogen-bond donors (Lipinski definition) is 3.